The molecule has 0 spiro atoms. The topological polar surface area (TPSA) is 69.7 Å². The Hall–Kier alpha value is -2.28. The third-order valence-corrected chi connectivity index (χ3v) is 8.43. The third kappa shape index (κ3) is 6.78. The second kappa shape index (κ2) is 12.5. The zero-order chi connectivity index (χ0) is 26.5. The number of halogens is 3. The SMILES string of the molecule is CC(=O)N1CCC(C(=O)N2CCC(NC(=O)c3ccc(CCCl)cc3)C(c3ccc(Cl)c(Cl)c3)C2)CC1. The van der Waals surface area contributed by atoms with Crippen molar-refractivity contribution in [2.75, 3.05) is 32.1 Å². The predicted molar refractivity (Wildman–Crippen MR) is 147 cm³/mol. The van der Waals surface area contributed by atoms with Crippen molar-refractivity contribution in [3.05, 3.63) is 69.2 Å². The Balaban J connectivity index is 1.49. The molecule has 2 atom stereocenters. The van der Waals surface area contributed by atoms with E-state index >= 15 is 0 Å². The molecule has 198 valence electrons. The molecule has 1 N–H and O–H groups in total. The van der Waals surface area contributed by atoms with Gasteiger partial charge in [0.1, 0.15) is 0 Å². The first kappa shape index (κ1) is 27.7. The lowest BCUT2D eigenvalue weighted by molar-refractivity contribution is -0.141. The Morgan fingerprint density at radius 2 is 1.59 bits per heavy atom. The molecule has 0 aliphatic carbocycles. The average molecular weight is 565 g/mol. The number of alkyl halides is 1. The van der Waals surface area contributed by atoms with Gasteiger partial charge in [0.25, 0.3) is 5.91 Å². The van der Waals surface area contributed by atoms with Gasteiger partial charge in [-0.05, 0) is 61.1 Å². The number of piperidine rings is 2. The molecule has 3 amide bonds. The van der Waals surface area contributed by atoms with Crippen LogP contribution in [0.25, 0.3) is 0 Å². The van der Waals surface area contributed by atoms with Gasteiger partial charge in [0, 0.05) is 62.4 Å². The summed E-state index contributed by atoms with van der Waals surface area (Å²) >= 11 is 18.3. The van der Waals surface area contributed by atoms with Gasteiger partial charge in [-0.15, -0.1) is 11.6 Å². The van der Waals surface area contributed by atoms with E-state index in [-0.39, 0.29) is 35.6 Å². The second-order valence-electron chi connectivity index (χ2n) is 9.85. The molecule has 0 aromatic heterocycles. The summed E-state index contributed by atoms with van der Waals surface area (Å²) in [7, 11) is 0. The van der Waals surface area contributed by atoms with Crippen LogP contribution >= 0.6 is 34.8 Å². The lowest BCUT2D eigenvalue weighted by Gasteiger charge is -2.41. The number of aryl methyl sites for hydroxylation is 1. The molecular weight excluding hydrogens is 533 g/mol. The summed E-state index contributed by atoms with van der Waals surface area (Å²) in [4.78, 5) is 42.0. The highest BCUT2D eigenvalue weighted by molar-refractivity contribution is 6.42. The van der Waals surface area contributed by atoms with Gasteiger partial charge in [0.2, 0.25) is 11.8 Å². The molecule has 2 fully saturated rings. The molecule has 2 aliphatic rings. The molecule has 2 saturated heterocycles. The quantitative estimate of drug-likeness (QED) is 0.494. The average Bonchev–Trinajstić information content (AvgIpc) is 2.90. The fourth-order valence-corrected chi connectivity index (χ4v) is 5.81. The Morgan fingerprint density at radius 1 is 0.919 bits per heavy atom. The molecule has 2 aromatic rings. The zero-order valence-corrected chi connectivity index (χ0v) is 23.2. The van der Waals surface area contributed by atoms with Crippen LogP contribution < -0.4 is 5.32 Å². The smallest absolute Gasteiger partial charge is 0.251 e. The molecule has 0 bridgehead atoms. The third-order valence-electron chi connectivity index (χ3n) is 7.50. The van der Waals surface area contributed by atoms with Gasteiger partial charge in [0.05, 0.1) is 10.0 Å². The van der Waals surface area contributed by atoms with Crippen LogP contribution in [-0.4, -0.2) is 65.6 Å². The summed E-state index contributed by atoms with van der Waals surface area (Å²) < 4.78 is 0. The van der Waals surface area contributed by atoms with Crippen molar-refractivity contribution in [2.45, 2.75) is 44.6 Å². The molecular formula is C28H32Cl3N3O3. The normalized spacial score (nSPS) is 20.5. The Bertz CT molecular complexity index is 1130. The van der Waals surface area contributed by atoms with Crippen molar-refractivity contribution in [1.29, 1.82) is 0 Å². The summed E-state index contributed by atoms with van der Waals surface area (Å²) in [5, 5.41) is 4.11. The fraction of sp³-hybridized carbons (Fsp3) is 0.464. The summed E-state index contributed by atoms with van der Waals surface area (Å²) in [5.74, 6) is 0.323. The molecule has 6 nitrogen and oxygen atoms in total. The maximum Gasteiger partial charge on any atom is 0.251 e. The summed E-state index contributed by atoms with van der Waals surface area (Å²) in [6, 6.07) is 12.8. The first-order valence-corrected chi connectivity index (χ1v) is 14.0. The van der Waals surface area contributed by atoms with Gasteiger partial charge in [-0.25, -0.2) is 0 Å². The van der Waals surface area contributed by atoms with Gasteiger partial charge < -0.3 is 15.1 Å². The molecule has 2 heterocycles. The zero-order valence-electron chi connectivity index (χ0n) is 20.9. The minimum absolute atomic E-state index is 0.0517. The number of nitrogens with zero attached hydrogens (tertiary/aromatic N) is 2. The second-order valence-corrected chi connectivity index (χ2v) is 11.0. The van der Waals surface area contributed by atoms with Crippen molar-refractivity contribution in [3.8, 4) is 0 Å². The van der Waals surface area contributed by atoms with E-state index in [0.717, 1.165) is 17.5 Å². The van der Waals surface area contributed by atoms with E-state index in [9.17, 15) is 14.4 Å². The molecule has 0 saturated carbocycles. The van der Waals surface area contributed by atoms with Crippen molar-refractivity contribution >= 4 is 52.5 Å². The summed E-state index contributed by atoms with van der Waals surface area (Å²) in [6.07, 6.45) is 2.72. The Kier molecular flexibility index (Phi) is 9.38. The number of hydrogen-bond donors (Lipinski definition) is 1. The van der Waals surface area contributed by atoms with Crippen LogP contribution in [0.1, 0.15) is 53.6 Å². The first-order valence-electron chi connectivity index (χ1n) is 12.7. The molecule has 2 aliphatic heterocycles. The summed E-state index contributed by atoms with van der Waals surface area (Å²) in [6.45, 7) is 3.82. The van der Waals surface area contributed by atoms with Gasteiger partial charge in [0.15, 0.2) is 0 Å². The maximum atomic E-state index is 13.4. The molecule has 9 heteroatoms. The van der Waals surface area contributed by atoms with E-state index in [1.165, 1.54) is 0 Å². The number of carbonyl (C=O) groups excluding carboxylic acids is 3. The van der Waals surface area contributed by atoms with E-state index in [1.54, 1.807) is 17.9 Å². The van der Waals surface area contributed by atoms with Crippen LogP contribution in [0.2, 0.25) is 10.0 Å². The lowest BCUT2D eigenvalue weighted by atomic mass is 9.84. The van der Waals surface area contributed by atoms with Crippen LogP contribution in [0.4, 0.5) is 0 Å². The maximum absolute atomic E-state index is 13.4. The van der Waals surface area contributed by atoms with E-state index in [1.807, 2.05) is 41.3 Å². The van der Waals surface area contributed by atoms with Gasteiger partial charge >= 0.3 is 0 Å². The van der Waals surface area contributed by atoms with Crippen molar-refractivity contribution in [2.24, 2.45) is 5.92 Å². The molecule has 4 rings (SSSR count). The van der Waals surface area contributed by atoms with E-state index in [2.05, 4.69) is 5.32 Å². The van der Waals surface area contributed by atoms with Crippen molar-refractivity contribution in [1.82, 2.24) is 15.1 Å². The van der Waals surface area contributed by atoms with Crippen molar-refractivity contribution < 1.29 is 14.4 Å². The number of nitrogens with one attached hydrogen (secondary N) is 1. The highest BCUT2D eigenvalue weighted by Crippen LogP contribution is 2.33. The molecule has 2 unspecified atom stereocenters. The van der Waals surface area contributed by atoms with E-state index < -0.39 is 0 Å². The summed E-state index contributed by atoms with van der Waals surface area (Å²) in [5.41, 5.74) is 2.60. The van der Waals surface area contributed by atoms with Gasteiger partial charge in [-0.2, -0.15) is 0 Å². The van der Waals surface area contributed by atoms with Crippen LogP contribution in [0.15, 0.2) is 42.5 Å². The molecule has 2 aromatic carbocycles. The predicted octanol–water partition coefficient (Wildman–Crippen LogP) is 5.15. The van der Waals surface area contributed by atoms with Crippen molar-refractivity contribution in [3.63, 3.8) is 0 Å². The number of benzene rings is 2. The highest BCUT2D eigenvalue weighted by atomic mass is 35.5. The van der Waals surface area contributed by atoms with E-state index in [4.69, 9.17) is 34.8 Å². The monoisotopic (exact) mass is 563 g/mol. The molecule has 0 radical (unpaired) electrons. The minimum atomic E-state index is -0.170. The number of carbonyl (C=O) groups is 3. The number of hydrogen-bond acceptors (Lipinski definition) is 3. The Morgan fingerprint density at radius 3 is 2.22 bits per heavy atom. The van der Waals surface area contributed by atoms with Gasteiger partial charge in [-0.1, -0.05) is 41.4 Å². The largest absolute Gasteiger partial charge is 0.349 e. The lowest BCUT2D eigenvalue weighted by Crippen LogP contribution is -2.53. The number of rotatable bonds is 6. The number of amides is 3. The van der Waals surface area contributed by atoms with Gasteiger partial charge in [-0.3, -0.25) is 14.4 Å². The van der Waals surface area contributed by atoms with Crippen LogP contribution in [0, 0.1) is 5.92 Å². The highest BCUT2D eigenvalue weighted by Gasteiger charge is 2.37. The number of likely N-dealkylation sites (tertiary alicyclic amines) is 2. The minimum Gasteiger partial charge on any atom is -0.349 e. The van der Waals surface area contributed by atoms with E-state index in [0.29, 0.717) is 66.9 Å². The first-order chi connectivity index (χ1) is 17.8. The van der Waals surface area contributed by atoms with Crippen LogP contribution in [-0.2, 0) is 16.0 Å². The standard InChI is InChI=1S/C28H32Cl3N3O3/c1-18(35)33-13-9-21(10-14-33)28(37)34-15-11-26(23(17-34)22-6-7-24(30)25(31)16-22)32-27(36)20-4-2-19(3-5-20)8-12-29/h2-7,16,21,23,26H,8-15,17H2,1H3,(H,32,36). The fourth-order valence-electron chi connectivity index (χ4n) is 5.29. The van der Waals surface area contributed by atoms with Crippen LogP contribution in [0.5, 0.6) is 0 Å². The molecule has 37 heavy (non-hydrogen) atoms. The van der Waals surface area contributed by atoms with Crippen LogP contribution in [0.3, 0.4) is 0 Å². The Labute approximate surface area is 233 Å².